The molecule has 1 aromatic rings. The predicted octanol–water partition coefficient (Wildman–Crippen LogP) is 6.82. The van der Waals surface area contributed by atoms with Gasteiger partial charge in [-0.1, -0.05) is 58.0 Å². The Balaban J connectivity index is 3.36. The topological polar surface area (TPSA) is 54.0 Å². The summed E-state index contributed by atoms with van der Waals surface area (Å²) in [6.07, 6.45) is 2.10. The molecule has 1 aromatic carbocycles. The van der Waals surface area contributed by atoms with Crippen molar-refractivity contribution in [1.82, 2.24) is 0 Å². The smallest absolute Gasteiger partial charge is 0.309 e. The van der Waals surface area contributed by atoms with Crippen molar-refractivity contribution in [2.45, 2.75) is 104 Å². The van der Waals surface area contributed by atoms with E-state index in [9.17, 15) is 4.79 Å². The molecule has 0 heterocycles. The van der Waals surface area contributed by atoms with E-state index in [1.807, 2.05) is 51.1 Å². The molecule has 0 saturated heterocycles. The highest BCUT2D eigenvalue weighted by molar-refractivity contribution is 6.74. The molecular formula is C26H46O5Si. The third-order valence-electron chi connectivity index (χ3n) is 6.56. The van der Waals surface area contributed by atoms with Crippen LogP contribution in [0, 0.1) is 0 Å². The Morgan fingerprint density at radius 1 is 0.875 bits per heavy atom. The minimum absolute atomic E-state index is 0.0614. The molecule has 0 radical (unpaired) electrons. The summed E-state index contributed by atoms with van der Waals surface area (Å²) in [4.78, 5) is 12.6. The molecule has 2 unspecified atom stereocenters. The van der Waals surface area contributed by atoms with Crippen molar-refractivity contribution >= 4 is 14.3 Å². The molecule has 0 N–H and O–H groups in total. The van der Waals surface area contributed by atoms with Crippen LogP contribution in [0.15, 0.2) is 30.3 Å². The lowest BCUT2D eigenvalue weighted by atomic mass is 9.83. The van der Waals surface area contributed by atoms with Crippen LogP contribution in [0.1, 0.15) is 79.7 Å². The summed E-state index contributed by atoms with van der Waals surface area (Å²) in [5, 5.41) is 0.0614. The summed E-state index contributed by atoms with van der Waals surface area (Å²) >= 11 is 0. The SMILES string of the molecule is CCOC(=O)CC(CCC(CC)(OCC)O[Si](C)(C)C(C)(C)C)(OCC)c1ccccc1. The molecule has 32 heavy (non-hydrogen) atoms. The zero-order valence-electron chi connectivity index (χ0n) is 21.9. The van der Waals surface area contributed by atoms with Gasteiger partial charge in [0.15, 0.2) is 14.1 Å². The fourth-order valence-corrected chi connectivity index (χ4v) is 5.32. The number of hydrogen-bond acceptors (Lipinski definition) is 5. The summed E-state index contributed by atoms with van der Waals surface area (Å²) in [6, 6.07) is 9.99. The molecule has 0 saturated carbocycles. The first-order valence-electron chi connectivity index (χ1n) is 12.1. The van der Waals surface area contributed by atoms with E-state index in [-0.39, 0.29) is 17.4 Å². The lowest BCUT2D eigenvalue weighted by Crippen LogP contribution is -2.51. The van der Waals surface area contributed by atoms with Crippen LogP contribution in [0.2, 0.25) is 18.1 Å². The first-order valence-corrected chi connectivity index (χ1v) is 15.0. The molecule has 1 rings (SSSR count). The summed E-state index contributed by atoms with van der Waals surface area (Å²) < 4.78 is 24.9. The highest BCUT2D eigenvalue weighted by Gasteiger charge is 2.46. The minimum Gasteiger partial charge on any atom is -0.466 e. The molecule has 0 spiro atoms. The van der Waals surface area contributed by atoms with Crippen LogP contribution >= 0.6 is 0 Å². The van der Waals surface area contributed by atoms with E-state index in [2.05, 4.69) is 40.8 Å². The van der Waals surface area contributed by atoms with Gasteiger partial charge >= 0.3 is 5.97 Å². The Morgan fingerprint density at radius 2 is 1.47 bits per heavy atom. The quantitative estimate of drug-likeness (QED) is 0.171. The van der Waals surface area contributed by atoms with Gasteiger partial charge in [-0.2, -0.15) is 0 Å². The third-order valence-corrected chi connectivity index (χ3v) is 11.1. The van der Waals surface area contributed by atoms with Crippen LogP contribution < -0.4 is 0 Å². The van der Waals surface area contributed by atoms with Crippen LogP contribution in [-0.2, 0) is 29.0 Å². The van der Waals surface area contributed by atoms with Gasteiger partial charge in [0.2, 0.25) is 0 Å². The van der Waals surface area contributed by atoms with Crippen molar-refractivity contribution in [3.8, 4) is 0 Å². The average Bonchev–Trinajstić information content (AvgIpc) is 2.72. The molecule has 0 aliphatic carbocycles. The number of rotatable bonds is 14. The lowest BCUT2D eigenvalue weighted by molar-refractivity contribution is -0.205. The van der Waals surface area contributed by atoms with Crippen LogP contribution in [0.3, 0.4) is 0 Å². The van der Waals surface area contributed by atoms with E-state index in [1.54, 1.807) is 0 Å². The summed E-state index contributed by atoms with van der Waals surface area (Å²) in [7, 11) is -2.09. The summed E-state index contributed by atoms with van der Waals surface area (Å²) in [5.74, 6) is -0.975. The Labute approximate surface area is 197 Å². The second kappa shape index (κ2) is 12.3. The molecule has 0 amide bonds. The van der Waals surface area contributed by atoms with Crippen molar-refractivity contribution in [1.29, 1.82) is 0 Å². The second-order valence-electron chi connectivity index (χ2n) is 9.83. The highest BCUT2D eigenvalue weighted by atomic mass is 28.4. The Bertz CT molecular complexity index is 685. The largest absolute Gasteiger partial charge is 0.466 e. The Hall–Kier alpha value is -1.21. The number of ether oxygens (including phenoxy) is 3. The maximum absolute atomic E-state index is 12.6. The van der Waals surface area contributed by atoms with E-state index in [1.165, 1.54) is 0 Å². The molecule has 6 heteroatoms. The van der Waals surface area contributed by atoms with E-state index in [4.69, 9.17) is 18.6 Å². The second-order valence-corrected chi connectivity index (χ2v) is 14.6. The van der Waals surface area contributed by atoms with Crippen molar-refractivity contribution in [3.05, 3.63) is 35.9 Å². The molecule has 184 valence electrons. The minimum atomic E-state index is -2.09. The summed E-state index contributed by atoms with van der Waals surface area (Å²) in [6.45, 7) is 20.5. The maximum atomic E-state index is 12.6. The molecule has 0 aromatic heterocycles. The zero-order chi connectivity index (χ0) is 24.5. The van der Waals surface area contributed by atoms with Gasteiger partial charge in [-0.05, 0) is 57.3 Å². The van der Waals surface area contributed by atoms with Crippen LogP contribution in [0.25, 0.3) is 0 Å². The van der Waals surface area contributed by atoms with Gasteiger partial charge in [0.1, 0.15) is 5.60 Å². The lowest BCUT2D eigenvalue weighted by Gasteiger charge is -2.46. The van der Waals surface area contributed by atoms with Crippen LogP contribution in [-0.4, -0.2) is 39.9 Å². The van der Waals surface area contributed by atoms with Gasteiger partial charge in [0, 0.05) is 19.6 Å². The molecule has 0 fully saturated rings. The van der Waals surface area contributed by atoms with Gasteiger partial charge in [-0.25, -0.2) is 0 Å². The standard InChI is InChI=1S/C26H46O5Si/c1-10-26(30-13-4,31-32(8,9)24(5,6)7)20-19-25(29-12-3,21-23(27)28-11-2)22-17-15-14-16-18-22/h14-18H,10-13,19-21H2,1-9H3. The van der Waals surface area contributed by atoms with Gasteiger partial charge in [0.05, 0.1) is 13.0 Å². The number of carbonyl (C=O) groups is 1. The average molecular weight is 467 g/mol. The molecule has 0 aliphatic heterocycles. The molecular weight excluding hydrogens is 420 g/mol. The van der Waals surface area contributed by atoms with Gasteiger partial charge < -0.3 is 18.6 Å². The van der Waals surface area contributed by atoms with Crippen molar-refractivity contribution in [3.63, 3.8) is 0 Å². The van der Waals surface area contributed by atoms with E-state index in [0.717, 1.165) is 12.0 Å². The molecule has 5 nitrogen and oxygen atoms in total. The first-order chi connectivity index (χ1) is 14.9. The Kier molecular flexibility index (Phi) is 11.1. The Morgan fingerprint density at radius 3 is 1.94 bits per heavy atom. The number of benzene rings is 1. The van der Waals surface area contributed by atoms with E-state index < -0.39 is 19.7 Å². The van der Waals surface area contributed by atoms with Crippen molar-refractivity contribution in [2.24, 2.45) is 0 Å². The molecule has 2 atom stereocenters. The maximum Gasteiger partial charge on any atom is 0.309 e. The zero-order valence-corrected chi connectivity index (χ0v) is 22.9. The van der Waals surface area contributed by atoms with Gasteiger partial charge in [-0.3, -0.25) is 4.79 Å². The normalized spacial score (nSPS) is 16.3. The number of hydrogen-bond donors (Lipinski definition) is 0. The number of carbonyl (C=O) groups excluding carboxylic acids is 1. The fourth-order valence-electron chi connectivity index (χ4n) is 3.78. The van der Waals surface area contributed by atoms with Crippen LogP contribution in [0.5, 0.6) is 0 Å². The third kappa shape index (κ3) is 7.68. The first kappa shape index (κ1) is 28.8. The monoisotopic (exact) mass is 466 g/mol. The van der Waals surface area contributed by atoms with Crippen molar-refractivity contribution < 1.29 is 23.4 Å². The van der Waals surface area contributed by atoms with Crippen LogP contribution in [0.4, 0.5) is 0 Å². The van der Waals surface area contributed by atoms with Gasteiger partial charge in [0.25, 0.3) is 0 Å². The van der Waals surface area contributed by atoms with E-state index >= 15 is 0 Å². The van der Waals surface area contributed by atoms with Gasteiger partial charge in [-0.15, -0.1) is 0 Å². The van der Waals surface area contributed by atoms with Crippen molar-refractivity contribution in [2.75, 3.05) is 19.8 Å². The van der Waals surface area contributed by atoms with E-state index in [0.29, 0.717) is 32.7 Å². The molecule has 0 aliphatic rings. The summed E-state index contributed by atoms with van der Waals surface area (Å²) in [5.41, 5.74) is 0.181. The highest BCUT2D eigenvalue weighted by Crippen LogP contribution is 2.44. The predicted molar refractivity (Wildman–Crippen MR) is 133 cm³/mol. The molecule has 0 bridgehead atoms. The fraction of sp³-hybridized carbons (Fsp3) is 0.731. The number of esters is 1.